The summed E-state index contributed by atoms with van der Waals surface area (Å²) in [5, 5.41) is 13.5. The lowest BCUT2D eigenvalue weighted by Crippen LogP contribution is -2.40. The van der Waals surface area contributed by atoms with Gasteiger partial charge < -0.3 is 14.8 Å². The molecule has 0 aliphatic carbocycles. The van der Waals surface area contributed by atoms with Crippen molar-refractivity contribution in [3.63, 3.8) is 0 Å². The Hall–Kier alpha value is -3.27. The molecule has 2 aromatic rings. The predicted molar refractivity (Wildman–Crippen MR) is 126 cm³/mol. The highest BCUT2D eigenvalue weighted by molar-refractivity contribution is 7.92. The van der Waals surface area contributed by atoms with Gasteiger partial charge in [0.2, 0.25) is 26.0 Å². The Morgan fingerprint density at radius 2 is 1.86 bits per heavy atom. The summed E-state index contributed by atoms with van der Waals surface area (Å²) in [6.07, 6.45) is 0.861. The van der Waals surface area contributed by atoms with E-state index in [1.807, 2.05) is 0 Å². The molecule has 0 aromatic heterocycles. The van der Waals surface area contributed by atoms with Gasteiger partial charge >= 0.3 is 0 Å². The first kappa shape index (κ1) is 26.3. The van der Waals surface area contributed by atoms with Crippen LogP contribution in [0, 0.1) is 10.1 Å². The fourth-order valence-electron chi connectivity index (χ4n) is 3.37. The second-order valence-electron chi connectivity index (χ2n) is 7.48. The van der Waals surface area contributed by atoms with Crippen molar-refractivity contribution in [3.05, 3.63) is 52.6 Å². The molecule has 13 nitrogen and oxygen atoms in total. The van der Waals surface area contributed by atoms with Crippen molar-refractivity contribution in [1.82, 2.24) is 4.31 Å². The quantitative estimate of drug-likeness (QED) is 0.369. The van der Waals surface area contributed by atoms with Crippen molar-refractivity contribution >= 4 is 43.0 Å². The van der Waals surface area contributed by atoms with Crippen molar-refractivity contribution < 1.29 is 36.0 Å². The summed E-state index contributed by atoms with van der Waals surface area (Å²) in [5.41, 5.74) is -0.318. The van der Waals surface area contributed by atoms with Crippen LogP contribution in [0.15, 0.2) is 47.4 Å². The van der Waals surface area contributed by atoms with Gasteiger partial charge in [0.25, 0.3) is 5.69 Å². The highest BCUT2D eigenvalue weighted by Crippen LogP contribution is 2.30. The molecular formula is C20H24N4O9S2. The first-order valence-electron chi connectivity index (χ1n) is 10.2. The average Bonchev–Trinajstić information content (AvgIpc) is 2.82. The Labute approximate surface area is 202 Å². The number of carbonyl (C=O) groups excluding carboxylic acids is 1. The number of sulfonamides is 2. The molecular weight excluding hydrogens is 504 g/mol. The van der Waals surface area contributed by atoms with E-state index in [1.54, 1.807) is 0 Å². The predicted octanol–water partition coefficient (Wildman–Crippen LogP) is 1.03. The van der Waals surface area contributed by atoms with Gasteiger partial charge in [-0.25, -0.2) is 16.8 Å². The number of hydrogen-bond donors (Lipinski definition) is 1. The smallest absolute Gasteiger partial charge is 0.271 e. The number of methoxy groups -OCH3 is 1. The van der Waals surface area contributed by atoms with Crippen LogP contribution < -0.4 is 14.4 Å². The van der Waals surface area contributed by atoms with Crippen LogP contribution in [0.3, 0.4) is 0 Å². The van der Waals surface area contributed by atoms with E-state index in [4.69, 9.17) is 9.47 Å². The maximum absolute atomic E-state index is 13.1. The third kappa shape index (κ3) is 6.25. The van der Waals surface area contributed by atoms with Crippen LogP contribution in [0.25, 0.3) is 0 Å². The van der Waals surface area contributed by atoms with Crippen molar-refractivity contribution in [2.45, 2.75) is 4.90 Å². The van der Waals surface area contributed by atoms with E-state index in [0.717, 1.165) is 12.3 Å². The van der Waals surface area contributed by atoms with Gasteiger partial charge in [0.1, 0.15) is 17.2 Å². The number of benzene rings is 2. The molecule has 0 atom stereocenters. The lowest BCUT2D eigenvalue weighted by atomic mass is 10.2. The summed E-state index contributed by atoms with van der Waals surface area (Å²) in [6.45, 7) is 0.120. The number of hydrogen-bond acceptors (Lipinski definition) is 9. The van der Waals surface area contributed by atoms with E-state index in [0.29, 0.717) is 4.31 Å². The Kier molecular flexibility index (Phi) is 7.94. The second-order valence-corrected chi connectivity index (χ2v) is 11.3. The van der Waals surface area contributed by atoms with E-state index in [9.17, 15) is 31.7 Å². The number of morpholine rings is 1. The van der Waals surface area contributed by atoms with Gasteiger partial charge in [-0.05, 0) is 24.3 Å². The molecule has 0 saturated carbocycles. The van der Waals surface area contributed by atoms with Crippen LogP contribution in [0.2, 0.25) is 0 Å². The zero-order valence-corrected chi connectivity index (χ0v) is 20.5. The van der Waals surface area contributed by atoms with E-state index in [1.165, 1.54) is 47.8 Å². The minimum Gasteiger partial charge on any atom is -0.495 e. The minimum atomic E-state index is -3.99. The van der Waals surface area contributed by atoms with Crippen molar-refractivity contribution in [2.75, 3.05) is 55.8 Å². The van der Waals surface area contributed by atoms with Crippen molar-refractivity contribution in [2.24, 2.45) is 0 Å². The van der Waals surface area contributed by atoms with Crippen LogP contribution in [0.4, 0.5) is 17.1 Å². The van der Waals surface area contributed by atoms with Crippen LogP contribution >= 0.6 is 0 Å². The summed E-state index contributed by atoms with van der Waals surface area (Å²) in [5.74, 6) is -0.717. The molecule has 1 amide bonds. The number of anilines is 2. The number of amides is 1. The van der Waals surface area contributed by atoms with Crippen LogP contribution in [-0.2, 0) is 29.6 Å². The summed E-state index contributed by atoms with van der Waals surface area (Å²) in [6, 6.07) is 8.86. The van der Waals surface area contributed by atoms with E-state index >= 15 is 0 Å². The number of ether oxygens (including phenoxy) is 2. The first-order valence-corrected chi connectivity index (χ1v) is 13.5. The third-order valence-corrected chi connectivity index (χ3v) is 8.11. The molecule has 190 valence electrons. The molecule has 1 aliphatic rings. The first-order chi connectivity index (χ1) is 16.4. The number of nitrogens with zero attached hydrogens (tertiary/aromatic N) is 3. The Morgan fingerprint density at radius 3 is 2.46 bits per heavy atom. The molecule has 2 aromatic carbocycles. The number of nitrogens with one attached hydrogen (secondary N) is 1. The summed E-state index contributed by atoms with van der Waals surface area (Å²) >= 11 is 0. The van der Waals surface area contributed by atoms with Gasteiger partial charge in [-0.2, -0.15) is 4.31 Å². The Morgan fingerprint density at radius 1 is 1.17 bits per heavy atom. The van der Waals surface area contributed by atoms with Gasteiger partial charge in [-0.15, -0.1) is 0 Å². The SMILES string of the molecule is COc1ccc(NC(=O)CN(c2cccc([N+](=O)[O-])c2)S(C)(=O)=O)cc1S(=O)(=O)N1CCOCC1. The molecule has 1 N–H and O–H groups in total. The molecule has 0 unspecified atom stereocenters. The molecule has 0 spiro atoms. The molecule has 0 radical (unpaired) electrons. The zero-order chi connectivity index (χ0) is 25.8. The molecule has 3 rings (SSSR count). The number of non-ortho nitro benzene ring substituents is 1. The Balaban J connectivity index is 1.86. The van der Waals surface area contributed by atoms with Gasteiger partial charge in [0.15, 0.2) is 0 Å². The molecule has 1 saturated heterocycles. The summed E-state index contributed by atoms with van der Waals surface area (Å²) in [7, 11) is -6.63. The Bertz CT molecular complexity index is 1320. The summed E-state index contributed by atoms with van der Waals surface area (Å²) < 4.78 is 63.2. The van der Waals surface area contributed by atoms with Gasteiger partial charge in [-0.1, -0.05) is 6.07 Å². The lowest BCUT2D eigenvalue weighted by molar-refractivity contribution is -0.384. The highest BCUT2D eigenvalue weighted by atomic mass is 32.2. The molecule has 35 heavy (non-hydrogen) atoms. The summed E-state index contributed by atoms with van der Waals surface area (Å²) in [4.78, 5) is 22.9. The number of nitro groups is 1. The molecule has 1 aliphatic heterocycles. The lowest BCUT2D eigenvalue weighted by Gasteiger charge is -2.27. The molecule has 1 fully saturated rings. The normalized spacial score (nSPS) is 14.8. The van der Waals surface area contributed by atoms with Crippen LogP contribution in [0.5, 0.6) is 5.75 Å². The zero-order valence-electron chi connectivity index (χ0n) is 18.9. The topological polar surface area (TPSA) is 165 Å². The van der Waals surface area contributed by atoms with Crippen molar-refractivity contribution in [3.8, 4) is 5.75 Å². The standard InChI is InChI=1S/C20H24N4O9S2/c1-32-18-7-6-15(12-19(18)35(30,31)22-8-10-33-11-9-22)21-20(25)14-23(34(2,28)29)16-4-3-5-17(13-16)24(26)27/h3-7,12-13H,8-11,14H2,1-2H3,(H,21,25). The maximum atomic E-state index is 13.1. The fourth-order valence-corrected chi connectivity index (χ4v) is 5.81. The molecule has 1 heterocycles. The van der Waals surface area contributed by atoms with E-state index < -0.39 is 37.4 Å². The van der Waals surface area contributed by atoms with Crippen molar-refractivity contribution in [1.29, 1.82) is 0 Å². The maximum Gasteiger partial charge on any atom is 0.271 e. The van der Waals surface area contributed by atoms with Gasteiger partial charge in [0, 0.05) is 30.9 Å². The van der Waals surface area contributed by atoms with Gasteiger partial charge in [0.05, 0.1) is 37.2 Å². The fraction of sp³-hybridized carbons (Fsp3) is 0.350. The minimum absolute atomic E-state index is 0.0674. The van der Waals surface area contributed by atoms with E-state index in [2.05, 4.69) is 5.32 Å². The van der Waals surface area contributed by atoms with Crippen LogP contribution in [-0.4, -0.2) is 78.2 Å². The number of carbonyl (C=O) groups is 1. The number of nitro benzene ring substituents is 1. The molecule has 15 heteroatoms. The van der Waals surface area contributed by atoms with Gasteiger partial charge in [-0.3, -0.25) is 19.2 Å². The average molecular weight is 529 g/mol. The van der Waals surface area contributed by atoms with Crippen LogP contribution in [0.1, 0.15) is 0 Å². The monoisotopic (exact) mass is 528 g/mol. The van der Waals surface area contributed by atoms with E-state index in [-0.39, 0.29) is 54.0 Å². The second kappa shape index (κ2) is 10.6. The third-order valence-electron chi connectivity index (χ3n) is 5.05. The molecule has 0 bridgehead atoms. The highest BCUT2D eigenvalue weighted by Gasteiger charge is 2.30. The largest absolute Gasteiger partial charge is 0.495 e. The number of rotatable bonds is 9.